The third-order valence-electron chi connectivity index (χ3n) is 1.34. The molecule has 5 nitrogen and oxygen atoms in total. The van der Waals surface area contributed by atoms with Gasteiger partial charge in [0.05, 0.1) is 0 Å². The van der Waals surface area contributed by atoms with E-state index >= 15 is 0 Å². The topological polar surface area (TPSA) is 95.8 Å². The van der Waals surface area contributed by atoms with E-state index in [2.05, 4.69) is 25.7 Å². The Balaban J connectivity index is -0.0000000620. The molecule has 5 N–H and O–H groups in total. The van der Waals surface area contributed by atoms with Crippen molar-refractivity contribution in [3.63, 3.8) is 0 Å². The Morgan fingerprint density at radius 1 is 1.07 bits per heavy atom. The maximum Gasteiger partial charge on any atom is 0.300 e. The van der Waals surface area contributed by atoms with E-state index in [0.29, 0.717) is 0 Å². The number of carbonyl (C=O) groups is 1. The Labute approximate surface area is 87.3 Å². The number of aliphatic hydroxyl groups is 1. The second-order valence-electron chi connectivity index (χ2n) is 2.14. The summed E-state index contributed by atoms with van der Waals surface area (Å²) in [6.45, 7) is 11.2. The molecule has 0 aromatic rings. The molecule has 5 heteroatoms. The monoisotopic (exact) mass is 210 g/mol. The van der Waals surface area contributed by atoms with Crippen LogP contribution in [0.1, 0.15) is 27.7 Å². The number of carboxylic acids is 1. The van der Waals surface area contributed by atoms with Crippen LogP contribution in [0.25, 0.3) is 0 Å². The minimum Gasteiger partial charge on any atom is -0.481 e. The van der Waals surface area contributed by atoms with Crippen LogP contribution in [-0.4, -0.2) is 47.8 Å². The van der Waals surface area contributed by atoms with Crippen LogP contribution in [0.4, 0.5) is 0 Å². The zero-order valence-electron chi connectivity index (χ0n) is 10.1. The number of carboxylic acid groups (broad SMARTS) is 1. The predicted octanol–water partition coefficient (Wildman–Crippen LogP) is 1.21. The van der Waals surface area contributed by atoms with E-state index in [-0.39, 0.29) is 6.15 Å². The summed E-state index contributed by atoms with van der Waals surface area (Å²) in [5, 5.41) is 14.4. The molecule has 0 aliphatic heterocycles. The van der Waals surface area contributed by atoms with Gasteiger partial charge in [0.25, 0.3) is 5.97 Å². The summed E-state index contributed by atoms with van der Waals surface area (Å²) in [4.78, 5) is 11.4. The van der Waals surface area contributed by atoms with Crippen LogP contribution in [0.5, 0.6) is 0 Å². The van der Waals surface area contributed by atoms with E-state index in [1.807, 2.05) is 0 Å². The third kappa shape index (κ3) is 42.5. The molecule has 0 heterocycles. The Morgan fingerprint density at radius 2 is 1.21 bits per heavy atom. The molecule has 0 bridgehead atoms. The number of hydrogen-bond donors (Lipinski definition) is 3. The fraction of sp³-hybridized carbons (Fsp3) is 0.889. The van der Waals surface area contributed by atoms with Gasteiger partial charge < -0.3 is 21.3 Å². The Morgan fingerprint density at radius 3 is 1.21 bits per heavy atom. The Kier molecular flexibility index (Phi) is 38.0. The highest BCUT2D eigenvalue weighted by atomic mass is 16.4. The molecular formula is C9H26N2O3. The zero-order valence-corrected chi connectivity index (χ0v) is 10.1. The summed E-state index contributed by atoms with van der Waals surface area (Å²) in [5.74, 6) is -0.833. The van der Waals surface area contributed by atoms with Gasteiger partial charge in [0.1, 0.15) is 0 Å². The minimum absolute atomic E-state index is 0. The van der Waals surface area contributed by atoms with Crippen LogP contribution in [0.15, 0.2) is 0 Å². The van der Waals surface area contributed by atoms with Gasteiger partial charge in [-0.15, -0.1) is 0 Å². The maximum absolute atomic E-state index is 9.00. The average molecular weight is 210 g/mol. The summed E-state index contributed by atoms with van der Waals surface area (Å²) < 4.78 is 0. The van der Waals surface area contributed by atoms with Crippen molar-refractivity contribution in [3.8, 4) is 0 Å². The second kappa shape index (κ2) is 22.8. The fourth-order valence-electron chi connectivity index (χ4n) is 0.671. The smallest absolute Gasteiger partial charge is 0.300 e. The number of hydrogen-bond acceptors (Lipinski definition) is 4. The van der Waals surface area contributed by atoms with Crippen molar-refractivity contribution >= 4 is 5.97 Å². The lowest BCUT2D eigenvalue weighted by molar-refractivity contribution is -0.134. The molecule has 0 spiro atoms. The fourth-order valence-corrected chi connectivity index (χ4v) is 0.671. The van der Waals surface area contributed by atoms with Gasteiger partial charge in [-0.2, -0.15) is 0 Å². The van der Waals surface area contributed by atoms with Gasteiger partial charge in [0.2, 0.25) is 0 Å². The van der Waals surface area contributed by atoms with Crippen LogP contribution in [-0.2, 0) is 4.79 Å². The Hall–Kier alpha value is -0.650. The van der Waals surface area contributed by atoms with Gasteiger partial charge in [-0.1, -0.05) is 20.8 Å². The molecule has 0 aromatic carbocycles. The van der Waals surface area contributed by atoms with Gasteiger partial charge in [0, 0.05) is 14.0 Å². The molecule has 0 aliphatic carbocycles. The predicted molar refractivity (Wildman–Crippen MR) is 59.9 cm³/mol. The summed E-state index contributed by atoms with van der Waals surface area (Å²) in [5.41, 5.74) is 0. The lowest BCUT2D eigenvalue weighted by Gasteiger charge is -2.13. The second-order valence-corrected chi connectivity index (χ2v) is 2.14. The van der Waals surface area contributed by atoms with Crippen LogP contribution >= 0.6 is 0 Å². The van der Waals surface area contributed by atoms with Gasteiger partial charge in [-0.3, -0.25) is 4.79 Å². The van der Waals surface area contributed by atoms with E-state index in [1.165, 1.54) is 19.6 Å². The molecule has 90 valence electrons. The van der Waals surface area contributed by atoms with Gasteiger partial charge in [-0.25, -0.2) is 0 Å². The number of aliphatic carboxylic acids is 1. The van der Waals surface area contributed by atoms with E-state index < -0.39 is 5.97 Å². The molecular weight excluding hydrogens is 184 g/mol. The van der Waals surface area contributed by atoms with Crippen molar-refractivity contribution in [2.75, 3.05) is 26.7 Å². The van der Waals surface area contributed by atoms with Crippen molar-refractivity contribution in [3.05, 3.63) is 0 Å². The summed E-state index contributed by atoms with van der Waals surface area (Å²) in [6.07, 6.45) is 0. The van der Waals surface area contributed by atoms with Gasteiger partial charge in [0.15, 0.2) is 0 Å². The number of aliphatic hydroxyl groups excluding tert-OH is 1. The Bertz CT molecular complexity index is 86.5. The molecule has 0 aliphatic rings. The lowest BCUT2D eigenvalue weighted by Crippen LogP contribution is -2.21. The first kappa shape index (κ1) is 23.3. The van der Waals surface area contributed by atoms with Crippen LogP contribution in [0, 0.1) is 0 Å². The van der Waals surface area contributed by atoms with E-state index in [1.54, 1.807) is 0 Å². The largest absolute Gasteiger partial charge is 0.481 e. The van der Waals surface area contributed by atoms with Crippen molar-refractivity contribution in [2.24, 2.45) is 0 Å². The molecule has 0 unspecified atom stereocenters. The molecule has 0 saturated heterocycles. The van der Waals surface area contributed by atoms with Crippen LogP contribution in [0.2, 0.25) is 0 Å². The lowest BCUT2D eigenvalue weighted by atomic mass is 10.5. The first-order valence-electron chi connectivity index (χ1n) is 4.44. The van der Waals surface area contributed by atoms with Crippen molar-refractivity contribution in [2.45, 2.75) is 27.7 Å². The summed E-state index contributed by atoms with van der Waals surface area (Å²) >= 11 is 0. The highest BCUT2D eigenvalue weighted by Gasteiger charge is 1.89. The maximum atomic E-state index is 9.00. The number of rotatable bonds is 3. The van der Waals surface area contributed by atoms with Crippen LogP contribution in [0.3, 0.4) is 0 Å². The normalized spacial score (nSPS) is 7.36. The molecule has 0 amide bonds. The highest BCUT2D eigenvalue weighted by Crippen LogP contribution is 1.81. The summed E-state index contributed by atoms with van der Waals surface area (Å²) in [7, 11) is 1.00. The third-order valence-corrected chi connectivity index (χ3v) is 1.34. The molecule has 0 atom stereocenters. The van der Waals surface area contributed by atoms with E-state index in [9.17, 15) is 0 Å². The molecule has 0 aromatic heterocycles. The first-order valence-corrected chi connectivity index (χ1v) is 4.44. The van der Waals surface area contributed by atoms with Gasteiger partial charge in [-0.05, 0) is 19.6 Å². The first-order chi connectivity index (χ1) is 6.08. The van der Waals surface area contributed by atoms with Crippen molar-refractivity contribution < 1.29 is 15.0 Å². The highest BCUT2D eigenvalue weighted by molar-refractivity contribution is 5.62. The van der Waals surface area contributed by atoms with Crippen LogP contribution < -0.4 is 6.15 Å². The molecule has 14 heavy (non-hydrogen) atoms. The molecule has 0 rings (SSSR count). The molecule has 0 saturated carbocycles. The molecule has 0 fully saturated rings. The summed E-state index contributed by atoms with van der Waals surface area (Å²) in [6, 6.07) is 0. The van der Waals surface area contributed by atoms with Crippen molar-refractivity contribution in [1.82, 2.24) is 11.1 Å². The SMILES string of the molecule is CC(=O)O.CCN(CC)CC.CO.N. The zero-order chi connectivity index (χ0) is 11.3. The van der Waals surface area contributed by atoms with E-state index in [0.717, 1.165) is 14.0 Å². The van der Waals surface area contributed by atoms with Crippen molar-refractivity contribution in [1.29, 1.82) is 0 Å². The van der Waals surface area contributed by atoms with Gasteiger partial charge >= 0.3 is 0 Å². The quantitative estimate of drug-likeness (QED) is 0.650. The minimum atomic E-state index is -0.833. The number of nitrogens with zero attached hydrogens (tertiary/aromatic N) is 1. The van der Waals surface area contributed by atoms with E-state index in [4.69, 9.17) is 15.0 Å². The molecule has 0 radical (unpaired) electrons. The average Bonchev–Trinajstić information content (AvgIpc) is 2.10. The standard InChI is InChI=1S/C6H15N.C2H4O2.CH4O.H3N/c1-4-7(5-2)6-3;1-2(3)4;1-2;/h4-6H2,1-3H3;1H3,(H,3,4);2H,1H3;1H3.